The first-order chi connectivity index (χ1) is 10.6. The number of nitrogens with zero attached hydrogens (tertiary/aromatic N) is 4. The van der Waals surface area contributed by atoms with Crippen LogP contribution in [-0.2, 0) is 16.0 Å². The van der Waals surface area contributed by atoms with Gasteiger partial charge in [0.2, 0.25) is 5.91 Å². The second kappa shape index (κ2) is 5.90. The van der Waals surface area contributed by atoms with Crippen molar-refractivity contribution in [3.05, 3.63) is 24.3 Å². The molecule has 7 nitrogen and oxygen atoms in total. The summed E-state index contributed by atoms with van der Waals surface area (Å²) in [6.07, 6.45) is 6.45. The Morgan fingerprint density at radius 2 is 2.27 bits per heavy atom. The van der Waals surface area contributed by atoms with Crippen molar-refractivity contribution in [3.63, 3.8) is 0 Å². The van der Waals surface area contributed by atoms with Crippen LogP contribution in [0.3, 0.4) is 0 Å². The van der Waals surface area contributed by atoms with E-state index in [0.717, 1.165) is 12.1 Å². The minimum absolute atomic E-state index is 0.0949. The zero-order chi connectivity index (χ0) is 15.6. The van der Waals surface area contributed by atoms with Gasteiger partial charge in [0.05, 0.1) is 11.2 Å². The summed E-state index contributed by atoms with van der Waals surface area (Å²) in [6.45, 7) is 4.06. The maximum Gasteiger partial charge on any atom is 0.410 e. The Kier molecular flexibility index (Phi) is 3.96. The van der Waals surface area contributed by atoms with Crippen molar-refractivity contribution < 1.29 is 14.3 Å². The predicted octanol–water partition coefficient (Wildman–Crippen LogP) is 0.852. The maximum absolute atomic E-state index is 12.4. The number of fused-ring (bicyclic) bond motifs is 1. The molecule has 0 bridgehead atoms. The lowest BCUT2D eigenvalue weighted by atomic mass is 9.92. The molecule has 0 radical (unpaired) electrons. The molecular formula is C15H20N4O3. The molecule has 1 aromatic rings. The van der Waals surface area contributed by atoms with Crippen molar-refractivity contribution in [2.45, 2.75) is 31.7 Å². The molecule has 1 atom stereocenters. The number of aryl methyl sites for hydroxylation is 1. The molecule has 1 aromatic heterocycles. The van der Waals surface area contributed by atoms with E-state index in [0.29, 0.717) is 39.1 Å². The molecule has 7 heteroatoms. The number of amides is 2. The van der Waals surface area contributed by atoms with Gasteiger partial charge in [-0.15, -0.1) is 0 Å². The van der Waals surface area contributed by atoms with Crippen LogP contribution in [0.15, 0.2) is 18.6 Å². The number of hydrogen-bond acceptors (Lipinski definition) is 5. The number of ether oxygens (including phenoxy) is 1. The van der Waals surface area contributed by atoms with Gasteiger partial charge in [0.15, 0.2) is 0 Å². The molecule has 0 N–H and O–H groups in total. The SMILES string of the molecule is CCC12COC(=O)N1CCN(C(=O)CCc1cnccn1)C2. The monoisotopic (exact) mass is 304 g/mol. The number of piperazine rings is 1. The highest BCUT2D eigenvalue weighted by Crippen LogP contribution is 2.31. The Balaban J connectivity index is 1.61. The van der Waals surface area contributed by atoms with Crippen LogP contribution in [0.4, 0.5) is 4.79 Å². The molecule has 0 spiro atoms. The number of carbonyl (C=O) groups is 2. The maximum atomic E-state index is 12.4. The van der Waals surface area contributed by atoms with Gasteiger partial charge in [0.25, 0.3) is 0 Å². The molecule has 2 aliphatic heterocycles. The number of hydrogen-bond donors (Lipinski definition) is 0. The Morgan fingerprint density at radius 1 is 1.41 bits per heavy atom. The van der Waals surface area contributed by atoms with Crippen LogP contribution < -0.4 is 0 Å². The standard InChI is InChI=1S/C15H20N4O3/c1-2-15-10-18(7-8-19(15)14(21)22-11-15)13(20)4-3-12-9-16-5-6-17-12/h5-6,9H,2-4,7-8,10-11H2,1H3. The van der Waals surface area contributed by atoms with Gasteiger partial charge >= 0.3 is 6.09 Å². The van der Waals surface area contributed by atoms with Crippen LogP contribution in [0.5, 0.6) is 0 Å². The highest BCUT2D eigenvalue weighted by molar-refractivity contribution is 5.78. The molecule has 0 aliphatic carbocycles. The van der Waals surface area contributed by atoms with E-state index >= 15 is 0 Å². The molecule has 0 aromatic carbocycles. The molecule has 3 rings (SSSR count). The van der Waals surface area contributed by atoms with Gasteiger partial charge in [-0.05, 0) is 12.8 Å². The minimum atomic E-state index is -0.350. The predicted molar refractivity (Wildman–Crippen MR) is 78.0 cm³/mol. The average molecular weight is 304 g/mol. The summed E-state index contributed by atoms with van der Waals surface area (Å²) in [5.74, 6) is 0.0949. The van der Waals surface area contributed by atoms with E-state index in [1.807, 2.05) is 11.8 Å². The Morgan fingerprint density at radius 3 is 3.00 bits per heavy atom. The van der Waals surface area contributed by atoms with Gasteiger partial charge in [-0.25, -0.2) is 4.79 Å². The quantitative estimate of drug-likeness (QED) is 0.824. The smallest absolute Gasteiger partial charge is 0.410 e. The van der Waals surface area contributed by atoms with Crippen LogP contribution >= 0.6 is 0 Å². The zero-order valence-corrected chi connectivity index (χ0v) is 12.7. The first-order valence-corrected chi connectivity index (χ1v) is 7.62. The fourth-order valence-electron chi connectivity index (χ4n) is 3.13. The van der Waals surface area contributed by atoms with E-state index in [2.05, 4.69) is 9.97 Å². The van der Waals surface area contributed by atoms with Crippen LogP contribution in [0.25, 0.3) is 0 Å². The Bertz CT molecular complexity index is 565. The van der Waals surface area contributed by atoms with Crippen molar-refractivity contribution in [1.82, 2.24) is 19.8 Å². The highest BCUT2D eigenvalue weighted by Gasteiger charge is 2.50. The van der Waals surface area contributed by atoms with E-state index in [-0.39, 0.29) is 17.5 Å². The number of rotatable bonds is 4. The lowest BCUT2D eigenvalue weighted by Gasteiger charge is -2.44. The van der Waals surface area contributed by atoms with Crippen LogP contribution in [0, 0.1) is 0 Å². The van der Waals surface area contributed by atoms with E-state index in [1.165, 1.54) is 0 Å². The number of aromatic nitrogens is 2. The Hall–Kier alpha value is -2.18. The van der Waals surface area contributed by atoms with Gasteiger partial charge in [-0.2, -0.15) is 0 Å². The van der Waals surface area contributed by atoms with E-state index < -0.39 is 0 Å². The third-order valence-corrected chi connectivity index (χ3v) is 4.56. The second-order valence-corrected chi connectivity index (χ2v) is 5.80. The summed E-state index contributed by atoms with van der Waals surface area (Å²) in [5.41, 5.74) is 0.469. The van der Waals surface area contributed by atoms with Gasteiger partial charge in [-0.1, -0.05) is 6.92 Å². The molecular weight excluding hydrogens is 284 g/mol. The summed E-state index contributed by atoms with van der Waals surface area (Å²) >= 11 is 0. The molecule has 0 saturated carbocycles. The molecule has 2 aliphatic rings. The summed E-state index contributed by atoms with van der Waals surface area (Å²) in [4.78, 5) is 36.0. The molecule has 2 amide bonds. The Labute approximate surface area is 129 Å². The van der Waals surface area contributed by atoms with Crippen LogP contribution in [-0.4, -0.2) is 63.5 Å². The third kappa shape index (κ3) is 2.63. The van der Waals surface area contributed by atoms with Gasteiger partial charge < -0.3 is 9.64 Å². The topological polar surface area (TPSA) is 75.6 Å². The molecule has 2 fully saturated rings. The van der Waals surface area contributed by atoms with Crippen molar-refractivity contribution in [2.24, 2.45) is 0 Å². The first kappa shape index (κ1) is 14.7. The molecule has 1 unspecified atom stereocenters. The van der Waals surface area contributed by atoms with Gasteiger partial charge in [-0.3, -0.25) is 19.7 Å². The third-order valence-electron chi connectivity index (χ3n) is 4.56. The van der Waals surface area contributed by atoms with E-state index in [1.54, 1.807) is 23.5 Å². The summed E-state index contributed by atoms with van der Waals surface area (Å²) in [6, 6.07) is 0. The lowest BCUT2D eigenvalue weighted by molar-refractivity contribution is -0.135. The van der Waals surface area contributed by atoms with Crippen molar-refractivity contribution in [1.29, 1.82) is 0 Å². The second-order valence-electron chi connectivity index (χ2n) is 5.80. The van der Waals surface area contributed by atoms with Gasteiger partial charge in [0.1, 0.15) is 6.61 Å². The molecule has 118 valence electrons. The number of carbonyl (C=O) groups excluding carboxylic acids is 2. The largest absolute Gasteiger partial charge is 0.447 e. The highest BCUT2D eigenvalue weighted by atomic mass is 16.6. The molecule has 22 heavy (non-hydrogen) atoms. The van der Waals surface area contributed by atoms with E-state index in [4.69, 9.17) is 4.74 Å². The normalized spacial score (nSPS) is 24.1. The average Bonchev–Trinajstić information content (AvgIpc) is 2.91. The summed E-state index contributed by atoms with van der Waals surface area (Å²) in [7, 11) is 0. The molecule has 2 saturated heterocycles. The van der Waals surface area contributed by atoms with Crippen molar-refractivity contribution in [3.8, 4) is 0 Å². The van der Waals surface area contributed by atoms with E-state index in [9.17, 15) is 9.59 Å². The lowest BCUT2D eigenvalue weighted by Crippen LogP contribution is -2.62. The summed E-state index contributed by atoms with van der Waals surface area (Å²) in [5, 5.41) is 0. The molecule has 3 heterocycles. The zero-order valence-electron chi connectivity index (χ0n) is 12.7. The van der Waals surface area contributed by atoms with Crippen LogP contribution in [0.1, 0.15) is 25.5 Å². The minimum Gasteiger partial charge on any atom is -0.447 e. The van der Waals surface area contributed by atoms with Crippen LogP contribution in [0.2, 0.25) is 0 Å². The van der Waals surface area contributed by atoms with Crippen molar-refractivity contribution in [2.75, 3.05) is 26.2 Å². The first-order valence-electron chi connectivity index (χ1n) is 7.62. The summed E-state index contributed by atoms with van der Waals surface area (Å²) < 4.78 is 5.18. The van der Waals surface area contributed by atoms with Crippen molar-refractivity contribution >= 4 is 12.0 Å². The van der Waals surface area contributed by atoms with Gasteiger partial charge in [0, 0.05) is 44.6 Å². The number of cyclic esters (lactones) is 1. The fraction of sp³-hybridized carbons (Fsp3) is 0.600. The fourth-order valence-corrected chi connectivity index (χ4v) is 3.13.